The van der Waals surface area contributed by atoms with E-state index in [0.717, 1.165) is 25.0 Å². The van der Waals surface area contributed by atoms with E-state index in [4.69, 9.17) is 4.74 Å². The zero-order chi connectivity index (χ0) is 14.7. The molecule has 1 fully saturated rings. The van der Waals surface area contributed by atoms with Gasteiger partial charge in [-0.2, -0.15) is 5.10 Å². The van der Waals surface area contributed by atoms with Crippen LogP contribution in [0.5, 0.6) is 0 Å². The van der Waals surface area contributed by atoms with Gasteiger partial charge in [-0.15, -0.1) is 0 Å². The highest BCUT2D eigenvalue weighted by Gasteiger charge is 2.34. The van der Waals surface area contributed by atoms with Crippen LogP contribution in [-0.4, -0.2) is 46.3 Å². The highest BCUT2D eigenvalue weighted by atomic mass is 16.5. The molecule has 1 aromatic heterocycles. The maximum absolute atomic E-state index is 12.6. The summed E-state index contributed by atoms with van der Waals surface area (Å²) in [6.07, 6.45) is 3.30. The van der Waals surface area contributed by atoms with Gasteiger partial charge in [-0.3, -0.25) is 9.48 Å². The van der Waals surface area contributed by atoms with Gasteiger partial charge >= 0.3 is 5.97 Å². The molecule has 0 saturated carbocycles. The molecule has 1 amide bonds. The largest absolute Gasteiger partial charge is 0.467 e. The summed E-state index contributed by atoms with van der Waals surface area (Å²) < 4.78 is 6.39. The summed E-state index contributed by atoms with van der Waals surface area (Å²) in [6.45, 7) is 2.58. The van der Waals surface area contributed by atoms with Crippen LogP contribution in [0.1, 0.15) is 42.4 Å². The number of likely N-dealkylation sites (tertiary alicyclic amines) is 1. The summed E-state index contributed by atoms with van der Waals surface area (Å²) in [5.74, 6) is -0.481. The Morgan fingerprint density at radius 3 is 2.80 bits per heavy atom. The predicted octanol–water partition coefficient (Wildman–Crippen LogP) is 1.15. The van der Waals surface area contributed by atoms with Crippen LogP contribution < -0.4 is 0 Å². The van der Waals surface area contributed by atoms with Gasteiger partial charge in [0.15, 0.2) is 0 Å². The second-order valence-corrected chi connectivity index (χ2v) is 5.03. The van der Waals surface area contributed by atoms with Crippen molar-refractivity contribution in [2.45, 2.75) is 38.6 Å². The first-order chi connectivity index (χ1) is 9.58. The fourth-order valence-electron chi connectivity index (χ4n) is 2.60. The van der Waals surface area contributed by atoms with Crippen LogP contribution in [0.3, 0.4) is 0 Å². The number of carbonyl (C=O) groups is 2. The molecule has 0 N–H and O–H groups in total. The molecular formula is C14H21N3O3. The number of rotatable bonds is 3. The number of nitrogens with zero attached hydrogens (tertiary/aromatic N) is 3. The topological polar surface area (TPSA) is 64.4 Å². The van der Waals surface area contributed by atoms with E-state index in [1.54, 1.807) is 22.7 Å². The van der Waals surface area contributed by atoms with Gasteiger partial charge in [0.2, 0.25) is 0 Å². The molecule has 6 nitrogen and oxygen atoms in total. The molecule has 0 unspecified atom stereocenters. The molecule has 0 radical (unpaired) electrons. The molecule has 1 aromatic rings. The number of esters is 1. The lowest BCUT2D eigenvalue weighted by atomic mass is 10.0. The van der Waals surface area contributed by atoms with Crippen molar-refractivity contribution in [2.24, 2.45) is 7.05 Å². The molecule has 1 aliphatic rings. The Bertz CT molecular complexity index is 510. The SMILES string of the molecule is CCc1cc(C(=O)N2CCCC[C@@H]2C(=O)OC)n(C)n1. The van der Waals surface area contributed by atoms with Gasteiger partial charge in [-0.1, -0.05) is 6.92 Å². The second kappa shape index (κ2) is 6.07. The smallest absolute Gasteiger partial charge is 0.328 e. The van der Waals surface area contributed by atoms with E-state index in [9.17, 15) is 9.59 Å². The van der Waals surface area contributed by atoms with Crippen molar-refractivity contribution >= 4 is 11.9 Å². The summed E-state index contributed by atoms with van der Waals surface area (Å²) in [4.78, 5) is 26.1. The number of hydrogen-bond donors (Lipinski definition) is 0. The van der Waals surface area contributed by atoms with Gasteiger partial charge in [0.25, 0.3) is 5.91 Å². The van der Waals surface area contributed by atoms with E-state index in [2.05, 4.69) is 5.10 Å². The first-order valence-corrected chi connectivity index (χ1v) is 7.00. The van der Waals surface area contributed by atoms with E-state index in [0.29, 0.717) is 18.7 Å². The highest BCUT2D eigenvalue weighted by molar-refractivity contribution is 5.95. The van der Waals surface area contributed by atoms with Gasteiger partial charge in [-0.25, -0.2) is 4.79 Å². The van der Waals surface area contributed by atoms with Crippen molar-refractivity contribution in [1.82, 2.24) is 14.7 Å². The molecule has 1 saturated heterocycles. The average Bonchev–Trinajstić information content (AvgIpc) is 2.86. The van der Waals surface area contributed by atoms with Gasteiger partial charge in [0, 0.05) is 13.6 Å². The van der Waals surface area contributed by atoms with Crippen molar-refractivity contribution < 1.29 is 14.3 Å². The second-order valence-electron chi connectivity index (χ2n) is 5.03. The van der Waals surface area contributed by atoms with Gasteiger partial charge in [0.1, 0.15) is 11.7 Å². The van der Waals surface area contributed by atoms with Crippen molar-refractivity contribution in [3.05, 3.63) is 17.5 Å². The molecule has 20 heavy (non-hydrogen) atoms. The summed E-state index contributed by atoms with van der Waals surface area (Å²) in [5, 5.41) is 4.29. The number of ether oxygens (including phenoxy) is 1. The third-order valence-electron chi connectivity index (χ3n) is 3.75. The zero-order valence-electron chi connectivity index (χ0n) is 12.3. The van der Waals surface area contributed by atoms with Crippen LogP contribution in [-0.2, 0) is 23.0 Å². The van der Waals surface area contributed by atoms with Crippen LogP contribution in [0.2, 0.25) is 0 Å². The first kappa shape index (κ1) is 14.6. The number of amides is 1. The Kier molecular flexibility index (Phi) is 4.42. The molecule has 1 atom stereocenters. The Balaban J connectivity index is 2.25. The third kappa shape index (κ3) is 2.69. The Labute approximate surface area is 118 Å². The average molecular weight is 279 g/mol. The highest BCUT2D eigenvalue weighted by Crippen LogP contribution is 2.21. The predicted molar refractivity (Wildman–Crippen MR) is 73.3 cm³/mol. The molecule has 0 bridgehead atoms. The third-order valence-corrected chi connectivity index (χ3v) is 3.75. The standard InChI is InChI=1S/C14H21N3O3/c1-4-10-9-12(16(2)15-10)13(18)17-8-6-5-7-11(17)14(19)20-3/h9,11H,4-8H2,1-3H3/t11-/m1/s1. The molecular weight excluding hydrogens is 258 g/mol. The molecule has 110 valence electrons. The van der Waals surface area contributed by atoms with Crippen LogP contribution in [0.4, 0.5) is 0 Å². The quantitative estimate of drug-likeness (QED) is 0.779. The number of hydrogen-bond acceptors (Lipinski definition) is 4. The number of methoxy groups -OCH3 is 1. The minimum Gasteiger partial charge on any atom is -0.467 e. The lowest BCUT2D eigenvalue weighted by molar-refractivity contribution is -0.147. The van der Waals surface area contributed by atoms with Crippen molar-refractivity contribution in [3.8, 4) is 0 Å². The molecule has 0 spiro atoms. The van der Waals surface area contributed by atoms with Gasteiger partial charge in [-0.05, 0) is 31.7 Å². The fourth-order valence-corrected chi connectivity index (χ4v) is 2.60. The van der Waals surface area contributed by atoms with Gasteiger partial charge in [0.05, 0.1) is 12.8 Å². The molecule has 1 aliphatic heterocycles. The maximum Gasteiger partial charge on any atom is 0.328 e. The van der Waals surface area contributed by atoms with Gasteiger partial charge < -0.3 is 9.64 Å². The Hall–Kier alpha value is -1.85. The summed E-state index contributed by atoms with van der Waals surface area (Å²) in [7, 11) is 3.11. The summed E-state index contributed by atoms with van der Waals surface area (Å²) >= 11 is 0. The van der Waals surface area contributed by atoms with E-state index in [-0.39, 0.29) is 11.9 Å². The number of aromatic nitrogens is 2. The molecule has 2 rings (SSSR count). The Morgan fingerprint density at radius 1 is 1.45 bits per heavy atom. The minimum absolute atomic E-state index is 0.144. The molecule has 2 heterocycles. The minimum atomic E-state index is -0.471. The normalized spacial score (nSPS) is 18.9. The van der Waals surface area contributed by atoms with E-state index in [1.165, 1.54) is 7.11 Å². The number of carbonyl (C=O) groups excluding carboxylic acids is 2. The lowest BCUT2D eigenvalue weighted by Crippen LogP contribution is -2.48. The molecule has 6 heteroatoms. The first-order valence-electron chi connectivity index (χ1n) is 7.00. The van der Waals surface area contributed by atoms with E-state index in [1.807, 2.05) is 6.92 Å². The van der Waals surface area contributed by atoms with Crippen molar-refractivity contribution in [3.63, 3.8) is 0 Å². The van der Waals surface area contributed by atoms with E-state index >= 15 is 0 Å². The fraction of sp³-hybridized carbons (Fsp3) is 0.643. The zero-order valence-corrected chi connectivity index (χ0v) is 12.3. The van der Waals surface area contributed by atoms with Crippen LogP contribution in [0.15, 0.2) is 6.07 Å². The number of piperidine rings is 1. The Morgan fingerprint density at radius 2 is 2.20 bits per heavy atom. The lowest BCUT2D eigenvalue weighted by Gasteiger charge is -2.33. The van der Waals surface area contributed by atoms with E-state index < -0.39 is 6.04 Å². The summed E-state index contributed by atoms with van der Waals surface area (Å²) in [6, 6.07) is 1.33. The number of aryl methyl sites for hydroxylation is 2. The van der Waals surface area contributed by atoms with Crippen LogP contribution >= 0.6 is 0 Å². The maximum atomic E-state index is 12.6. The van der Waals surface area contributed by atoms with Crippen molar-refractivity contribution in [1.29, 1.82) is 0 Å². The molecule has 0 aliphatic carbocycles. The van der Waals surface area contributed by atoms with Crippen LogP contribution in [0, 0.1) is 0 Å². The van der Waals surface area contributed by atoms with Crippen molar-refractivity contribution in [2.75, 3.05) is 13.7 Å². The van der Waals surface area contributed by atoms with Crippen LogP contribution in [0.25, 0.3) is 0 Å². The summed E-state index contributed by atoms with van der Waals surface area (Å²) in [5.41, 5.74) is 1.40. The molecule has 0 aromatic carbocycles. The monoisotopic (exact) mass is 279 g/mol.